The van der Waals surface area contributed by atoms with E-state index in [0.29, 0.717) is 18.4 Å². The molecule has 2 nitrogen and oxygen atoms in total. The van der Waals surface area contributed by atoms with Crippen LogP contribution in [-0.2, 0) is 6.42 Å². The van der Waals surface area contributed by atoms with E-state index in [1.54, 1.807) is 0 Å². The van der Waals surface area contributed by atoms with Crippen molar-refractivity contribution in [3.63, 3.8) is 0 Å². The maximum absolute atomic E-state index is 6.21. The minimum Gasteiger partial charge on any atom is -0.493 e. The maximum Gasteiger partial charge on any atom is 0.130 e. The fraction of sp³-hybridized carbons (Fsp3) is 0.524. The molecule has 0 aliphatic rings. The summed E-state index contributed by atoms with van der Waals surface area (Å²) in [6.07, 6.45) is 3.14. The molecule has 1 unspecified atom stereocenters. The Morgan fingerprint density at radius 2 is 1.79 bits per heavy atom. The van der Waals surface area contributed by atoms with Gasteiger partial charge in [-0.2, -0.15) is 0 Å². The summed E-state index contributed by atoms with van der Waals surface area (Å²) < 4.78 is 12.3. The molecule has 0 saturated carbocycles. The Kier molecular flexibility index (Phi) is 7.23. The van der Waals surface area contributed by atoms with E-state index in [1.807, 2.05) is 0 Å². The molecule has 0 heterocycles. The van der Waals surface area contributed by atoms with Crippen molar-refractivity contribution in [3.8, 4) is 11.5 Å². The van der Waals surface area contributed by atoms with Crippen molar-refractivity contribution >= 4 is 22.4 Å². The van der Waals surface area contributed by atoms with Crippen molar-refractivity contribution in [2.24, 2.45) is 5.92 Å². The molecule has 2 aromatic rings. The number of benzene rings is 2. The molecule has 0 aliphatic carbocycles. The van der Waals surface area contributed by atoms with Crippen molar-refractivity contribution in [1.82, 2.24) is 0 Å². The van der Waals surface area contributed by atoms with Gasteiger partial charge < -0.3 is 9.47 Å². The molecule has 132 valence electrons. The van der Waals surface area contributed by atoms with Crippen LogP contribution in [0.4, 0.5) is 0 Å². The van der Waals surface area contributed by atoms with E-state index in [-0.39, 0.29) is 6.10 Å². The fourth-order valence-corrected chi connectivity index (χ4v) is 3.20. The van der Waals surface area contributed by atoms with Crippen molar-refractivity contribution < 1.29 is 9.47 Å². The smallest absolute Gasteiger partial charge is 0.130 e. The largest absolute Gasteiger partial charge is 0.493 e. The van der Waals surface area contributed by atoms with Crippen molar-refractivity contribution in [2.45, 2.75) is 53.1 Å². The van der Waals surface area contributed by atoms with E-state index in [1.165, 1.54) is 5.56 Å². The lowest BCUT2D eigenvalue weighted by molar-refractivity contribution is 0.237. The van der Waals surface area contributed by atoms with Crippen LogP contribution < -0.4 is 9.47 Å². The molecule has 0 N–H and O–H groups in total. The van der Waals surface area contributed by atoms with Gasteiger partial charge >= 0.3 is 0 Å². The van der Waals surface area contributed by atoms with Gasteiger partial charge in [0.1, 0.15) is 11.5 Å². The van der Waals surface area contributed by atoms with Gasteiger partial charge in [-0.3, -0.25) is 0 Å². The van der Waals surface area contributed by atoms with E-state index in [9.17, 15) is 0 Å². The van der Waals surface area contributed by atoms with Gasteiger partial charge in [0, 0.05) is 16.7 Å². The molecule has 1 atom stereocenters. The van der Waals surface area contributed by atoms with E-state index >= 15 is 0 Å². The van der Waals surface area contributed by atoms with E-state index in [0.717, 1.165) is 41.5 Å². The number of alkyl halides is 1. The Morgan fingerprint density at radius 1 is 1.08 bits per heavy atom. The summed E-state index contributed by atoms with van der Waals surface area (Å²) in [5.41, 5.74) is 1.20. The number of aryl methyl sites for hydroxylation is 1. The first kappa shape index (κ1) is 18.9. The van der Waals surface area contributed by atoms with Crippen LogP contribution in [-0.4, -0.2) is 18.6 Å². The van der Waals surface area contributed by atoms with Gasteiger partial charge in [0.05, 0.1) is 12.7 Å². The lowest BCUT2D eigenvalue weighted by Gasteiger charge is -2.20. The molecule has 0 aromatic heterocycles. The molecular weight excluding hydrogens is 320 g/mol. The Balaban J connectivity index is 2.40. The van der Waals surface area contributed by atoms with Gasteiger partial charge in [0.2, 0.25) is 0 Å². The van der Waals surface area contributed by atoms with Crippen LogP contribution in [0, 0.1) is 5.92 Å². The number of rotatable bonds is 9. The van der Waals surface area contributed by atoms with Crippen molar-refractivity contribution in [3.05, 3.63) is 35.9 Å². The van der Waals surface area contributed by atoms with Gasteiger partial charge in [0.15, 0.2) is 0 Å². The highest BCUT2D eigenvalue weighted by Gasteiger charge is 2.15. The fourth-order valence-electron chi connectivity index (χ4n) is 2.89. The molecule has 2 rings (SSSR count). The summed E-state index contributed by atoms with van der Waals surface area (Å²) in [5.74, 6) is 3.12. The molecular formula is C21H29ClO2. The lowest BCUT2D eigenvalue weighted by Crippen LogP contribution is -2.13. The summed E-state index contributed by atoms with van der Waals surface area (Å²) in [7, 11) is 0. The summed E-state index contributed by atoms with van der Waals surface area (Å²) in [5, 5.41) is 2.25. The first-order valence-corrected chi connectivity index (χ1v) is 9.54. The second-order valence-electron chi connectivity index (χ2n) is 6.49. The SMILES string of the molecule is CCc1cc(OCC(CC)CCCl)c2ccccc2c1OC(C)C. The van der Waals surface area contributed by atoms with Crippen LogP contribution >= 0.6 is 11.6 Å². The first-order chi connectivity index (χ1) is 11.6. The molecule has 0 radical (unpaired) electrons. The molecule has 0 fully saturated rings. The van der Waals surface area contributed by atoms with E-state index < -0.39 is 0 Å². The number of hydrogen-bond donors (Lipinski definition) is 0. The minimum absolute atomic E-state index is 0.152. The van der Waals surface area contributed by atoms with E-state index in [4.69, 9.17) is 21.1 Å². The third-order valence-electron chi connectivity index (χ3n) is 4.34. The maximum atomic E-state index is 6.21. The van der Waals surface area contributed by atoms with Crippen molar-refractivity contribution in [2.75, 3.05) is 12.5 Å². The molecule has 0 spiro atoms. The average Bonchev–Trinajstić information content (AvgIpc) is 2.59. The highest BCUT2D eigenvalue weighted by atomic mass is 35.5. The van der Waals surface area contributed by atoms with Crippen LogP contribution in [0.5, 0.6) is 11.5 Å². The topological polar surface area (TPSA) is 18.5 Å². The number of hydrogen-bond acceptors (Lipinski definition) is 2. The number of fused-ring (bicyclic) bond motifs is 1. The number of halogens is 1. The lowest BCUT2D eigenvalue weighted by atomic mass is 10.0. The number of ether oxygens (including phenoxy) is 2. The van der Waals surface area contributed by atoms with Crippen LogP contribution in [0.1, 0.15) is 46.1 Å². The molecule has 0 saturated heterocycles. The molecule has 2 aromatic carbocycles. The predicted octanol–water partition coefficient (Wildman–Crippen LogP) is 6.22. The van der Waals surface area contributed by atoms with Crippen LogP contribution in [0.2, 0.25) is 0 Å². The van der Waals surface area contributed by atoms with E-state index in [2.05, 4.69) is 58.0 Å². The van der Waals surface area contributed by atoms with Gasteiger partial charge in [-0.05, 0) is 44.2 Å². The summed E-state index contributed by atoms with van der Waals surface area (Å²) in [6.45, 7) is 9.19. The summed E-state index contributed by atoms with van der Waals surface area (Å²) >= 11 is 5.90. The zero-order valence-electron chi connectivity index (χ0n) is 15.3. The summed E-state index contributed by atoms with van der Waals surface area (Å²) in [4.78, 5) is 0. The van der Waals surface area contributed by atoms with Crippen LogP contribution in [0.15, 0.2) is 30.3 Å². The monoisotopic (exact) mass is 348 g/mol. The van der Waals surface area contributed by atoms with Crippen LogP contribution in [0.25, 0.3) is 10.8 Å². The zero-order valence-corrected chi connectivity index (χ0v) is 16.0. The highest BCUT2D eigenvalue weighted by molar-refractivity contribution is 6.17. The molecule has 0 aliphatic heterocycles. The first-order valence-electron chi connectivity index (χ1n) is 9.00. The third kappa shape index (κ3) is 4.57. The van der Waals surface area contributed by atoms with Crippen molar-refractivity contribution in [1.29, 1.82) is 0 Å². The standard InChI is InChI=1S/C21H29ClO2/c1-5-16(11-12-22)14-23-20-13-17(6-2)21(24-15(3)4)19-10-8-7-9-18(19)20/h7-10,13,15-16H,5-6,11-12,14H2,1-4H3. The Labute approximate surface area is 151 Å². The zero-order chi connectivity index (χ0) is 17.5. The Bertz CT molecular complexity index is 652. The third-order valence-corrected chi connectivity index (χ3v) is 4.56. The second kappa shape index (κ2) is 9.17. The molecule has 0 amide bonds. The van der Waals surface area contributed by atoms with Gasteiger partial charge in [-0.25, -0.2) is 0 Å². The second-order valence-corrected chi connectivity index (χ2v) is 6.87. The van der Waals surface area contributed by atoms with Gasteiger partial charge in [0.25, 0.3) is 0 Å². The predicted molar refractivity (Wildman–Crippen MR) is 104 cm³/mol. The molecule has 0 bridgehead atoms. The minimum atomic E-state index is 0.152. The molecule has 24 heavy (non-hydrogen) atoms. The quantitative estimate of drug-likeness (QED) is 0.500. The van der Waals surface area contributed by atoms with Gasteiger partial charge in [-0.15, -0.1) is 11.6 Å². The normalized spacial score (nSPS) is 12.6. The van der Waals surface area contributed by atoms with Crippen LogP contribution in [0.3, 0.4) is 0 Å². The Morgan fingerprint density at radius 3 is 2.38 bits per heavy atom. The molecule has 3 heteroatoms. The van der Waals surface area contributed by atoms with Gasteiger partial charge in [-0.1, -0.05) is 44.5 Å². The highest BCUT2D eigenvalue weighted by Crippen LogP contribution is 2.38. The summed E-state index contributed by atoms with van der Waals surface area (Å²) in [6, 6.07) is 10.5. The Hall–Kier alpha value is -1.41. The average molecular weight is 349 g/mol.